The normalized spacial score (nSPS) is 10.5. The highest BCUT2D eigenvalue weighted by Crippen LogP contribution is 2.22. The summed E-state index contributed by atoms with van der Waals surface area (Å²) in [6.45, 7) is 4.80. The maximum absolute atomic E-state index is 11.0. The minimum absolute atomic E-state index is 0.597. The lowest BCUT2D eigenvalue weighted by molar-refractivity contribution is 0.112. The fourth-order valence-electron chi connectivity index (χ4n) is 1.81. The van der Waals surface area contributed by atoms with Gasteiger partial charge in [0.1, 0.15) is 5.69 Å². The minimum atomic E-state index is 0.597. The van der Waals surface area contributed by atoms with Gasteiger partial charge in [-0.3, -0.25) is 14.5 Å². The number of nitrogens with zero attached hydrogens (tertiary/aromatic N) is 3. The fraction of sp³-hybridized carbons (Fsp3) is 0.308. The lowest BCUT2D eigenvalue weighted by atomic mass is 10.1. The fourth-order valence-corrected chi connectivity index (χ4v) is 1.81. The summed E-state index contributed by atoms with van der Waals surface area (Å²) in [4.78, 5) is 15.4. The Labute approximate surface area is 100 Å². The lowest BCUT2D eigenvalue weighted by Gasteiger charge is -2.03. The molecule has 2 rings (SSSR count). The number of hydrogen-bond acceptors (Lipinski definition) is 3. The van der Waals surface area contributed by atoms with E-state index in [1.54, 1.807) is 17.1 Å². The molecule has 0 aromatic carbocycles. The Morgan fingerprint density at radius 1 is 1.35 bits per heavy atom. The average molecular weight is 229 g/mol. The van der Waals surface area contributed by atoms with Gasteiger partial charge < -0.3 is 0 Å². The molecule has 4 heteroatoms. The van der Waals surface area contributed by atoms with Crippen LogP contribution in [0.5, 0.6) is 0 Å². The van der Waals surface area contributed by atoms with Gasteiger partial charge in [0.25, 0.3) is 0 Å². The molecule has 17 heavy (non-hydrogen) atoms. The largest absolute Gasteiger partial charge is 0.298 e. The molecule has 2 aromatic rings. The van der Waals surface area contributed by atoms with Crippen LogP contribution < -0.4 is 0 Å². The van der Waals surface area contributed by atoms with Gasteiger partial charge in [0, 0.05) is 18.9 Å². The van der Waals surface area contributed by atoms with Crippen LogP contribution in [0, 0.1) is 0 Å². The maximum atomic E-state index is 11.0. The van der Waals surface area contributed by atoms with E-state index in [9.17, 15) is 4.79 Å². The van der Waals surface area contributed by atoms with Gasteiger partial charge in [0.2, 0.25) is 0 Å². The first-order valence-corrected chi connectivity index (χ1v) is 5.77. The molecule has 0 bridgehead atoms. The first kappa shape index (κ1) is 11.5. The Bertz CT molecular complexity index is 531. The Morgan fingerprint density at radius 3 is 2.82 bits per heavy atom. The first-order chi connectivity index (χ1) is 8.30. The van der Waals surface area contributed by atoms with Crippen LogP contribution in [0.25, 0.3) is 11.4 Å². The van der Waals surface area contributed by atoms with Gasteiger partial charge in [-0.1, -0.05) is 13.0 Å². The number of carbonyl (C=O) groups excluding carboxylic acids is 1. The van der Waals surface area contributed by atoms with E-state index in [4.69, 9.17) is 0 Å². The lowest BCUT2D eigenvalue weighted by Crippen LogP contribution is -1.97. The van der Waals surface area contributed by atoms with Crippen LogP contribution in [-0.2, 0) is 13.0 Å². The van der Waals surface area contributed by atoms with Crippen LogP contribution in [0.3, 0.4) is 0 Å². The molecular weight excluding hydrogens is 214 g/mol. The molecule has 2 heterocycles. The second kappa shape index (κ2) is 4.91. The smallest absolute Gasteiger partial charge is 0.153 e. The Morgan fingerprint density at radius 2 is 2.18 bits per heavy atom. The monoisotopic (exact) mass is 229 g/mol. The summed E-state index contributed by atoms with van der Waals surface area (Å²) in [6, 6.07) is 3.92. The van der Waals surface area contributed by atoms with E-state index in [-0.39, 0.29) is 0 Å². The molecule has 0 atom stereocenters. The van der Waals surface area contributed by atoms with E-state index in [1.807, 2.05) is 19.1 Å². The highest BCUT2D eigenvalue weighted by Gasteiger charge is 2.14. The molecule has 0 saturated carbocycles. The molecule has 4 nitrogen and oxygen atoms in total. The number of aromatic nitrogens is 3. The van der Waals surface area contributed by atoms with Crippen molar-refractivity contribution in [3.63, 3.8) is 0 Å². The van der Waals surface area contributed by atoms with Crippen molar-refractivity contribution in [3.05, 3.63) is 35.7 Å². The Hall–Kier alpha value is -1.97. The van der Waals surface area contributed by atoms with Gasteiger partial charge in [-0.2, -0.15) is 5.10 Å². The topological polar surface area (TPSA) is 47.8 Å². The third-order valence-electron chi connectivity index (χ3n) is 2.74. The number of rotatable bonds is 4. The molecule has 0 aliphatic heterocycles. The van der Waals surface area contributed by atoms with E-state index in [2.05, 4.69) is 17.0 Å². The molecule has 2 aromatic heterocycles. The summed E-state index contributed by atoms with van der Waals surface area (Å²) in [5.41, 5.74) is 3.20. The van der Waals surface area contributed by atoms with Gasteiger partial charge in [0.15, 0.2) is 6.29 Å². The van der Waals surface area contributed by atoms with Crippen LogP contribution in [-0.4, -0.2) is 21.1 Å². The van der Waals surface area contributed by atoms with E-state index < -0.39 is 0 Å². The molecule has 0 N–H and O–H groups in total. The van der Waals surface area contributed by atoms with Gasteiger partial charge in [0.05, 0.1) is 11.3 Å². The summed E-state index contributed by atoms with van der Waals surface area (Å²) in [5, 5.41) is 4.40. The van der Waals surface area contributed by atoms with Gasteiger partial charge in [-0.15, -0.1) is 0 Å². The first-order valence-electron chi connectivity index (χ1n) is 5.77. The summed E-state index contributed by atoms with van der Waals surface area (Å²) in [5.74, 6) is 0. The standard InChI is InChI=1S/C13H15N3O/c1-3-10-6-5-7-14-12(10)13-11(9-17)8-16(4-2)15-13/h5-9H,3-4H2,1-2H3. The SMILES string of the molecule is CCc1cccnc1-c1nn(CC)cc1C=O. The summed E-state index contributed by atoms with van der Waals surface area (Å²) >= 11 is 0. The predicted molar refractivity (Wildman–Crippen MR) is 65.9 cm³/mol. The zero-order valence-electron chi connectivity index (χ0n) is 10.1. The second-order valence-corrected chi connectivity index (χ2v) is 3.77. The number of aldehydes is 1. The van der Waals surface area contributed by atoms with Crippen molar-refractivity contribution in [2.75, 3.05) is 0 Å². The maximum Gasteiger partial charge on any atom is 0.153 e. The van der Waals surface area contributed by atoms with Crippen molar-refractivity contribution in [1.29, 1.82) is 0 Å². The molecule has 88 valence electrons. The van der Waals surface area contributed by atoms with E-state index in [0.29, 0.717) is 11.3 Å². The van der Waals surface area contributed by atoms with Crippen molar-refractivity contribution in [1.82, 2.24) is 14.8 Å². The average Bonchev–Trinajstić information content (AvgIpc) is 2.81. The highest BCUT2D eigenvalue weighted by atomic mass is 16.1. The van der Waals surface area contributed by atoms with Crippen LogP contribution in [0.15, 0.2) is 24.5 Å². The third-order valence-corrected chi connectivity index (χ3v) is 2.74. The quantitative estimate of drug-likeness (QED) is 0.756. The molecule has 0 aliphatic rings. The predicted octanol–water partition coefficient (Wildman–Crippen LogP) is 2.34. The second-order valence-electron chi connectivity index (χ2n) is 3.77. The van der Waals surface area contributed by atoms with Crippen LogP contribution in [0.2, 0.25) is 0 Å². The molecule has 0 spiro atoms. The zero-order valence-corrected chi connectivity index (χ0v) is 10.1. The van der Waals surface area contributed by atoms with Crippen molar-refractivity contribution in [3.8, 4) is 11.4 Å². The Kier molecular flexibility index (Phi) is 3.32. The van der Waals surface area contributed by atoms with Gasteiger partial charge in [-0.25, -0.2) is 0 Å². The van der Waals surface area contributed by atoms with E-state index in [1.165, 1.54) is 0 Å². The summed E-state index contributed by atoms with van der Waals surface area (Å²) in [7, 11) is 0. The minimum Gasteiger partial charge on any atom is -0.298 e. The molecule has 0 fully saturated rings. The molecule has 0 radical (unpaired) electrons. The molecular formula is C13H15N3O. The molecule has 0 unspecified atom stereocenters. The third kappa shape index (κ3) is 2.11. The van der Waals surface area contributed by atoms with Gasteiger partial charge >= 0.3 is 0 Å². The number of carbonyl (C=O) groups is 1. The van der Waals surface area contributed by atoms with Crippen molar-refractivity contribution in [2.24, 2.45) is 0 Å². The highest BCUT2D eigenvalue weighted by molar-refractivity contribution is 5.85. The molecule has 0 amide bonds. The molecule has 0 aliphatic carbocycles. The summed E-state index contributed by atoms with van der Waals surface area (Å²) in [6.07, 6.45) is 5.20. The van der Waals surface area contributed by atoms with Crippen LogP contribution >= 0.6 is 0 Å². The van der Waals surface area contributed by atoms with E-state index >= 15 is 0 Å². The number of hydrogen-bond donors (Lipinski definition) is 0. The van der Waals surface area contributed by atoms with Crippen molar-refractivity contribution >= 4 is 6.29 Å². The van der Waals surface area contributed by atoms with Gasteiger partial charge in [-0.05, 0) is 25.0 Å². The van der Waals surface area contributed by atoms with Crippen LogP contribution in [0.1, 0.15) is 29.8 Å². The van der Waals surface area contributed by atoms with E-state index in [0.717, 1.165) is 30.5 Å². The van der Waals surface area contributed by atoms with Crippen molar-refractivity contribution < 1.29 is 4.79 Å². The number of aryl methyl sites for hydroxylation is 2. The Balaban J connectivity index is 2.58. The van der Waals surface area contributed by atoms with Crippen molar-refractivity contribution in [2.45, 2.75) is 26.8 Å². The zero-order chi connectivity index (χ0) is 12.3. The number of pyridine rings is 1. The summed E-state index contributed by atoms with van der Waals surface area (Å²) < 4.78 is 1.76. The molecule has 0 saturated heterocycles. The van der Waals surface area contributed by atoms with Crippen LogP contribution in [0.4, 0.5) is 0 Å².